The maximum absolute atomic E-state index is 12.9. The minimum absolute atomic E-state index is 0.0556. The van der Waals surface area contributed by atoms with Gasteiger partial charge in [-0.2, -0.15) is 0 Å². The lowest BCUT2D eigenvalue weighted by Gasteiger charge is -2.14. The SMILES string of the molecule is O=C(Oc1ccc(Br)cc1/C=C1\SC(=O)N(CCOc2ccccc2Cl)C1=O)c1ccccc1Cl. The molecule has 35 heavy (non-hydrogen) atoms. The number of para-hydroxylation sites is 1. The molecule has 1 saturated heterocycles. The van der Waals surface area contributed by atoms with Crippen LogP contribution in [0.4, 0.5) is 4.79 Å². The molecule has 3 aromatic carbocycles. The van der Waals surface area contributed by atoms with E-state index in [2.05, 4.69) is 15.9 Å². The number of carbonyl (C=O) groups is 3. The summed E-state index contributed by atoms with van der Waals surface area (Å²) in [6.07, 6.45) is 1.51. The number of esters is 1. The molecular weight excluding hydrogens is 577 g/mol. The molecule has 10 heteroatoms. The summed E-state index contributed by atoms with van der Waals surface area (Å²) in [5.74, 6) is -0.425. The van der Waals surface area contributed by atoms with E-state index in [-0.39, 0.29) is 34.4 Å². The molecule has 6 nitrogen and oxygen atoms in total. The first-order chi connectivity index (χ1) is 16.8. The van der Waals surface area contributed by atoms with Crippen LogP contribution in [0.15, 0.2) is 76.1 Å². The number of carbonyl (C=O) groups excluding carboxylic acids is 3. The molecule has 178 valence electrons. The zero-order chi connectivity index (χ0) is 24.9. The van der Waals surface area contributed by atoms with Crippen molar-refractivity contribution < 1.29 is 23.9 Å². The lowest BCUT2D eigenvalue weighted by Crippen LogP contribution is -2.32. The molecule has 3 aromatic rings. The number of amides is 2. The van der Waals surface area contributed by atoms with Crippen molar-refractivity contribution in [2.24, 2.45) is 0 Å². The second-order valence-corrected chi connectivity index (χ2v) is 9.89. The standard InChI is InChI=1S/C25H16BrCl2NO5S/c26-16-9-10-20(34-24(31)17-5-1-2-6-18(17)27)15(13-16)14-22-23(30)29(25(32)35-22)11-12-33-21-8-4-3-7-19(21)28/h1-10,13-14H,11-12H2/b22-14-. The fraction of sp³-hybridized carbons (Fsp3) is 0.0800. The zero-order valence-corrected chi connectivity index (χ0v) is 21.8. The van der Waals surface area contributed by atoms with Crippen molar-refractivity contribution in [1.82, 2.24) is 4.90 Å². The van der Waals surface area contributed by atoms with E-state index in [9.17, 15) is 14.4 Å². The highest BCUT2D eigenvalue weighted by molar-refractivity contribution is 9.10. The number of rotatable bonds is 7. The van der Waals surface area contributed by atoms with Crippen LogP contribution in [0.2, 0.25) is 10.0 Å². The first-order valence-corrected chi connectivity index (χ1v) is 12.6. The van der Waals surface area contributed by atoms with Crippen LogP contribution in [0, 0.1) is 0 Å². The number of hydrogen-bond donors (Lipinski definition) is 0. The Labute approximate surface area is 223 Å². The van der Waals surface area contributed by atoms with Gasteiger partial charge in [0.2, 0.25) is 0 Å². The minimum Gasteiger partial charge on any atom is -0.490 e. The molecule has 0 spiro atoms. The van der Waals surface area contributed by atoms with Crippen molar-refractivity contribution >= 4 is 74.1 Å². The van der Waals surface area contributed by atoms with Gasteiger partial charge in [0.15, 0.2) is 0 Å². The summed E-state index contributed by atoms with van der Waals surface area (Å²) >= 11 is 16.3. The Morgan fingerprint density at radius 3 is 2.43 bits per heavy atom. The van der Waals surface area contributed by atoms with Gasteiger partial charge in [-0.05, 0) is 60.3 Å². The zero-order valence-electron chi connectivity index (χ0n) is 17.9. The van der Waals surface area contributed by atoms with Gasteiger partial charge in [-0.1, -0.05) is 63.4 Å². The molecule has 1 aliphatic rings. The second kappa shape index (κ2) is 11.3. The molecule has 0 unspecified atom stereocenters. The summed E-state index contributed by atoms with van der Waals surface area (Å²) in [5.41, 5.74) is 0.652. The van der Waals surface area contributed by atoms with Crippen LogP contribution in [0.25, 0.3) is 6.08 Å². The Bertz CT molecular complexity index is 1350. The van der Waals surface area contributed by atoms with E-state index in [1.807, 2.05) is 0 Å². The Kier molecular flexibility index (Phi) is 8.18. The summed E-state index contributed by atoms with van der Waals surface area (Å²) < 4.78 is 11.9. The molecule has 1 aliphatic heterocycles. The Morgan fingerprint density at radius 1 is 0.971 bits per heavy atom. The predicted octanol–water partition coefficient (Wildman–Crippen LogP) is 7.09. The van der Waals surface area contributed by atoms with E-state index in [4.69, 9.17) is 32.7 Å². The predicted molar refractivity (Wildman–Crippen MR) is 140 cm³/mol. The summed E-state index contributed by atoms with van der Waals surface area (Å²) in [4.78, 5) is 39.3. The summed E-state index contributed by atoms with van der Waals surface area (Å²) in [6, 6.07) is 18.4. The molecule has 2 amide bonds. The quantitative estimate of drug-likeness (QED) is 0.166. The maximum Gasteiger partial charge on any atom is 0.345 e. The van der Waals surface area contributed by atoms with E-state index in [1.54, 1.807) is 66.7 Å². The number of hydrogen-bond acceptors (Lipinski definition) is 6. The average molecular weight is 593 g/mol. The second-order valence-electron chi connectivity index (χ2n) is 7.16. The third-order valence-electron chi connectivity index (χ3n) is 4.84. The molecule has 0 saturated carbocycles. The molecule has 1 fully saturated rings. The summed E-state index contributed by atoms with van der Waals surface area (Å²) in [6.45, 7) is 0.146. The van der Waals surface area contributed by atoms with Crippen LogP contribution in [0.3, 0.4) is 0 Å². The number of ether oxygens (including phenoxy) is 2. The lowest BCUT2D eigenvalue weighted by atomic mass is 10.1. The fourth-order valence-electron chi connectivity index (χ4n) is 3.15. The average Bonchev–Trinajstić information content (AvgIpc) is 3.09. The van der Waals surface area contributed by atoms with E-state index in [1.165, 1.54) is 6.08 Å². The van der Waals surface area contributed by atoms with E-state index in [0.717, 1.165) is 16.7 Å². The summed E-state index contributed by atoms with van der Waals surface area (Å²) in [7, 11) is 0. The number of nitrogens with zero attached hydrogens (tertiary/aromatic N) is 1. The molecule has 4 rings (SSSR count). The fourth-order valence-corrected chi connectivity index (χ4v) is 4.79. The lowest BCUT2D eigenvalue weighted by molar-refractivity contribution is -0.123. The molecule has 0 atom stereocenters. The highest BCUT2D eigenvalue weighted by Crippen LogP contribution is 2.35. The van der Waals surface area contributed by atoms with Crippen LogP contribution in [0.5, 0.6) is 11.5 Å². The van der Waals surface area contributed by atoms with Crippen LogP contribution >= 0.6 is 50.9 Å². The van der Waals surface area contributed by atoms with Gasteiger partial charge >= 0.3 is 5.97 Å². The van der Waals surface area contributed by atoms with E-state index < -0.39 is 17.1 Å². The normalized spacial score (nSPS) is 14.5. The number of imide groups is 1. The van der Waals surface area contributed by atoms with Gasteiger partial charge < -0.3 is 9.47 Å². The highest BCUT2D eigenvalue weighted by Gasteiger charge is 2.35. The monoisotopic (exact) mass is 591 g/mol. The van der Waals surface area contributed by atoms with Crippen molar-refractivity contribution in [1.29, 1.82) is 0 Å². The van der Waals surface area contributed by atoms with E-state index >= 15 is 0 Å². The first-order valence-electron chi connectivity index (χ1n) is 10.2. The largest absolute Gasteiger partial charge is 0.490 e. The smallest absolute Gasteiger partial charge is 0.345 e. The van der Waals surface area contributed by atoms with Gasteiger partial charge in [0.05, 0.1) is 27.1 Å². The maximum atomic E-state index is 12.9. The highest BCUT2D eigenvalue weighted by atomic mass is 79.9. The van der Waals surface area contributed by atoms with Crippen molar-refractivity contribution in [3.63, 3.8) is 0 Å². The van der Waals surface area contributed by atoms with E-state index in [0.29, 0.717) is 20.8 Å². The van der Waals surface area contributed by atoms with Gasteiger partial charge in [0.25, 0.3) is 11.1 Å². The molecular formula is C25H16BrCl2NO5S. The van der Waals surface area contributed by atoms with Gasteiger partial charge in [0.1, 0.15) is 18.1 Å². The Balaban J connectivity index is 1.50. The number of benzene rings is 3. The van der Waals surface area contributed by atoms with Gasteiger partial charge in [-0.3, -0.25) is 14.5 Å². The topological polar surface area (TPSA) is 72.9 Å². The van der Waals surface area contributed by atoms with Crippen molar-refractivity contribution in [3.05, 3.63) is 97.3 Å². The van der Waals surface area contributed by atoms with Gasteiger partial charge in [0, 0.05) is 10.0 Å². The Hall–Kier alpha value is -2.78. The van der Waals surface area contributed by atoms with Gasteiger partial charge in [-0.25, -0.2) is 4.79 Å². The van der Waals surface area contributed by atoms with Crippen molar-refractivity contribution in [2.75, 3.05) is 13.2 Å². The minimum atomic E-state index is -0.641. The van der Waals surface area contributed by atoms with Crippen molar-refractivity contribution in [3.8, 4) is 11.5 Å². The number of halogens is 3. The van der Waals surface area contributed by atoms with Crippen LogP contribution in [-0.4, -0.2) is 35.2 Å². The molecule has 0 radical (unpaired) electrons. The third-order valence-corrected chi connectivity index (χ3v) is 6.88. The third kappa shape index (κ3) is 6.08. The van der Waals surface area contributed by atoms with Crippen LogP contribution in [0.1, 0.15) is 15.9 Å². The van der Waals surface area contributed by atoms with Gasteiger partial charge in [-0.15, -0.1) is 0 Å². The van der Waals surface area contributed by atoms with Crippen LogP contribution in [-0.2, 0) is 4.79 Å². The molecule has 0 N–H and O–H groups in total. The first kappa shape index (κ1) is 25.3. The molecule has 0 aromatic heterocycles. The molecule has 1 heterocycles. The Morgan fingerprint density at radius 2 is 1.69 bits per heavy atom. The molecule has 0 bridgehead atoms. The van der Waals surface area contributed by atoms with Crippen LogP contribution < -0.4 is 9.47 Å². The number of thioether (sulfide) groups is 1. The summed E-state index contributed by atoms with van der Waals surface area (Å²) in [5, 5.41) is 0.278. The molecule has 0 aliphatic carbocycles. The van der Waals surface area contributed by atoms with Crippen molar-refractivity contribution in [2.45, 2.75) is 0 Å².